The Morgan fingerprint density at radius 1 is 1.50 bits per heavy atom. The Morgan fingerprint density at radius 2 is 2.00 bits per heavy atom. The van der Waals surface area contributed by atoms with Crippen LogP contribution in [0.5, 0.6) is 0 Å². The summed E-state index contributed by atoms with van der Waals surface area (Å²) in [6.45, 7) is 4.29. The highest BCUT2D eigenvalue weighted by Gasteiger charge is 2.06. The van der Waals surface area contributed by atoms with Crippen LogP contribution in [0.2, 0.25) is 0 Å². The second kappa shape index (κ2) is 4.51. The second-order valence-electron chi connectivity index (χ2n) is 2.22. The van der Waals surface area contributed by atoms with E-state index in [1.54, 1.807) is 11.8 Å². The maximum absolute atomic E-state index is 5.90. The van der Waals surface area contributed by atoms with E-state index in [-0.39, 0.29) is 0 Å². The van der Waals surface area contributed by atoms with Crippen molar-refractivity contribution in [3.63, 3.8) is 0 Å². The number of hydrogen-bond donors (Lipinski definition) is 0. The van der Waals surface area contributed by atoms with Crippen LogP contribution in [0, 0.1) is 5.92 Å². The molecule has 0 radical (unpaired) electrons. The molecule has 50 valence electrons. The predicted molar refractivity (Wildman–Crippen MR) is 42.9 cm³/mol. The van der Waals surface area contributed by atoms with Crippen LogP contribution in [0.1, 0.15) is 13.8 Å². The minimum atomic E-state index is 0.352. The minimum Gasteiger partial charge on any atom is -0.164 e. The van der Waals surface area contributed by atoms with Crippen molar-refractivity contribution in [1.29, 1.82) is 0 Å². The average Bonchev–Trinajstić information content (AvgIpc) is 1.67. The molecule has 2 heteroatoms. The number of rotatable bonds is 3. The molecule has 0 fully saturated rings. The fraction of sp³-hybridized carbons (Fsp3) is 1.00. The smallest absolute Gasteiger partial charge is 0.0449 e. The summed E-state index contributed by atoms with van der Waals surface area (Å²) < 4.78 is 0. The van der Waals surface area contributed by atoms with Crippen LogP contribution in [0.15, 0.2) is 0 Å². The van der Waals surface area contributed by atoms with Crippen LogP contribution in [-0.4, -0.2) is 17.4 Å². The van der Waals surface area contributed by atoms with Gasteiger partial charge in [-0.15, -0.1) is 11.6 Å². The van der Waals surface area contributed by atoms with E-state index in [0.29, 0.717) is 11.3 Å². The maximum Gasteiger partial charge on any atom is 0.0449 e. The molecule has 8 heavy (non-hydrogen) atoms. The fourth-order valence-corrected chi connectivity index (χ4v) is 1.43. The Balaban J connectivity index is 3.17. The Hall–Kier alpha value is 0.640. The van der Waals surface area contributed by atoms with Gasteiger partial charge in [-0.1, -0.05) is 13.8 Å². The molecule has 0 saturated carbocycles. The Morgan fingerprint density at radius 3 is 2.12 bits per heavy atom. The first-order valence-corrected chi connectivity index (χ1v) is 4.64. The van der Waals surface area contributed by atoms with Gasteiger partial charge in [0.25, 0.3) is 0 Å². The third-order valence-electron chi connectivity index (χ3n) is 1.05. The first-order chi connectivity index (χ1) is 3.68. The normalized spacial score (nSPS) is 14.6. The molecule has 0 amide bonds. The molecule has 0 heterocycles. The van der Waals surface area contributed by atoms with Gasteiger partial charge in [0.15, 0.2) is 0 Å². The van der Waals surface area contributed by atoms with Crippen LogP contribution in [0.25, 0.3) is 0 Å². The third-order valence-corrected chi connectivity index (χ3v) is 2.58. The third kappa shape index (κ3) is 3.62. The van der Waals surface area contributed by atoms with Crippen molar-refractivity contribution in [2.24, 2.45) is 5.92 Å². The molecule has 0 bridgehead atoms. The van der Waals surface area contributed by atoms with Crippen molar-refractivity contribution in [3.8, 4) is 0 Å². The number of thioether (sulfide) groups is 1. The first-order valence-electron chi connectivity index (χ1n) is 2.81. The minimum absolute atomic E-state index is 0.352. The molecule has 0 aromatic carbocycles. The lowest BCUT2D eigenvalue weighted by Gasteiger charge is -2.09. The molecule has 1 unspecified atom stereocenters. The summed E-state index contributed by atoms with van der Waals surface area (Å²) in [7, 11) is 0. The summed E-state index contributed by atoms with van der Waals surface area (Å²) in [5.41, 5.74) is 0. The summed E-state index contributed by atoms with van der Waals surface area (Å²) in [5.74, 6) is 1.68. The first kappa shape index (κ1) is 8.64. The lowest BCUT2D eigenvalue weighted by atomic mass is 10.2. The van der Waals surface area contributed by atoms with Gasteiger partial charge < -0.3 is 0 Å². The highest BCUT2D eigenvalue weighted by atomic mass is 35.5. The van der Waals surface area contributed by atoms with Gasteiger partial charge in [0, 0.05) is 11.1 Å². The average molecular weight is 153 g/mol. The van der Waals surface area contributed by atoms with E-state index in [4.69, 9.17) is 11.6 Å². The molecular formula is C6H13ClS. The summed E-state index contributed by atoms with van der Waals surface area (Å²) in [6.07, 6.45) is 2.08. The van der Waals surface area contributed by atoms with Gasteiger partial charge in [-0.05, 0) is 12.2 Å². The van der Waals surface area contributed by atoms with Crippen molar-refractivity contribution >= 4 is 23.4 Å². The van der Waals surface area contributed by atoms with E-state index >= 15 is 0 Å². The zero-order valence-electron chi connectivity index (χ0n) is 5.65. The van der Waals surface area contributed by atoms with Gasteiger partial charge in [-0.2, -0.15) is 11.8 Å². The lowest BCUT2D eigenvalue weighted by Crippen LogP contribution is -2.09. The molecule has 1 atom stereocenters. The highest BCUT2D eigenvalue weighted by Crippen LogP contribution is 2.13. The molecular weight excluding hydrogens is 140 g/mol. The molecule has 0 aliphatic rings. The summed E-state index contributed by atoms with van der Waals surface area (Å²) in [5, 5.41) is 0.352. The van der Waals surface area contributed by atoms with E-state index in [1.165, 1.54) is 0 Å². The summed E-state index contributed by atoms with van der Waals surface area (Å²) in [4.78, 5) is 0. The molecule has 0 aliphatic heterocycles. The maximum atomic E-state index is 5.90. The molecule has 0 aliphatic carbocycles. The van der Waals surface area contributed by atoms with E-state index in [0.717, 1.165) is 5.75 Å². The van der Waals surface area contributed by atoms with E-state index in [1.807, 2.05) is 0 Å². The van der Waals surface area contributed by atoms with Crippen LogP contribution in [0.3, 0.4) is 0 Å². The van der Waals surface area contributed by atoms with Gasteiger partial charge in [-0.3, -0.25) is 0 Å². The van der Waals surface area contributed by atoms with Crippen molar-refractivity contribution in [2.75, 3.05) is 12.0 Å². The molecule has 0 aromatic heterocycles. The highest BCUT2D eigenvalue weighted by molar-refractivity contribution is 7.98. The van der Waals surface area contributed by atoms with E-state index in [9.17, 15) is 0 Å². The van der Waals surface area contributed by atoms with Gasteiger partial charge in [-0.25, -0.2) is 0 Å². The molecule has 0 spiro atoms. The predicted octanol–water partition coefficient (Wildman–Crippen LogP) is 2.61. The van der Waals surface area contributed by atoms with E-state index < -0.39 is 0 Å². The van der Waals surface area contributed by atoms with Crippen molar-refractivity contribution < 1.29 is 0 Å². The molecule has 0 rings (SSSR count). The van der Waals surface area contributed by atoms with Crippen LogP contribution < -0.4 is 0 Å². The van der Waals surface area contributed by atoms with Crippen molar-refractivity contribution in [2.45, 2.75) is 19.2 Å². The Bertz CT molecular complexity index is 54.5. The second-order valence-corrected chi connectivity index (χ2v) is 3.69. The van der Waals surface area contributed by atoms with Crippen molar-refractivity contribution in [3.05, 3.63) is 0 Å². The van der Waals surface area contributed by atoms with Gasteiger partial charge in [0.05, 0.1) is 0 Å². The van der Waals surface area contributed by atoms with Gasteiger partial charge in [0.1, 0.15) is 0 Å². The number of alkyl halides is 1. The van der Waals surface area contributed by atoms with Gasteiger partial charge in [0.2, 0.25) is 0 Å². The monoisotopic (exact) mass is 152 g/mol. The van der Waals surface area contributed by atoms with Crippen LogP contribution >= 0.6 is 23.4 Å². The van der Waals surface area contributed by atoms with Crippen LogP contribution in [0.4, 0.5) is 0 Å². The quantitative estimate of drug-likeness (QED) is 0.561. The SMILES string of the molecule is CSCC(Cl)C(C)C. The van der Waals surface area contributed by atoms with E-state index in [2.05, 4.69) is 20.1 Å². The standard InChI is InChI=1S/C6H13ClS/c1-5(2)6(7)4-8-3/h5-6H,4H2,1-3H3. The molecule has 0 saturated heterocycles. The number of hydrogen-bond acceptors (Lipinski definition) is 1. The van der Waals surface area contributed by atoms with Crippen molar-refractivity contribution in [1.82, 2.24) is 0 Å². The zero-order chi connectivity index (χ0) is 6.57. The largest absolute Gasteiger partial charge is 0.164 e. The molecule has 0 nitrogen and oxygen atoms in total. The lowest BCUT2D eigenvalue weighted by molar-refractivity contribution is 0.641. The summed E-state index contributed by atoms with van der Waals surface area (Å²) in [6, 6.07) is 0. The molecule has 0 N–H and O–H groups in total. The topological polar surface area (TPSA) is 0 Å². The Labute approximate surface area is 61.0 Å². The zero-order valence-corrected chi connectivity index (χ0v) is 7.22. The molecule has 0 aromatic rings. The Kier molecular flexibility index (Phi) is 4.87. The van der Waals surface area contributed by atoms with Crippen LogP contribution in [-0.2, 0) is 0 Å². The summed E-state index contributed by atoms with van der Waals surface area (Å²) >= 11 is 7.70. The number of halogens is 1. The van der Waals surface area contributed by atoms with Gasteiger partial charge >= 0.3 is 0 Å². The fourth-order valence-electron chi connectivity index (χ4n) is 0.352.